The van der Waals surface area contributed by atoms with Crippen LogP contribution in [0.3, 0.4) is 0 Å². The minimum Gasteiger partial charge on any atom is -0.389 e. The van der Waals surface area contributed by atoms with Crippen LogP contribution in [0.2, 0.25) is 0 Å². The second-order valence-electron chi connectivity index (χ2n) is 3.62. The maximum absolute atomic E-state index is 9.32. The number of anilines is 1. The molecule has 1 N–H and O–H groups in total. The smallest absolute Gasteiger partial charge is 0.103 e. The number of pyridine rings is 1. The van der Waals surface area contributed by atoms with E-state index in [4.69, 9.17) is 4.84 Å². The number of aryl methyl sites for hydroxylation is 2. The molecule has 2 heterocycles. The molecule has 2 rings (SSSR count). The van der Waals surface area contributed by atoms with Crippen LogP contribution in [0.25, 0.3) is 0 Å². The van der Waals surface area contributed by atoms with Gasteiger partial charge in [0.1, 0.15) is 6.61 Å². The number of hydrogen-bond donors (Lipinski definition) is 1. The quantitative estimate of drug-likeness (QED) is 0.718. The van der Waals surface area contributed by atoms with E-state index in [9.17, 15) is 5.11 Å². The number of aliphatic hydroxyl groups is 1. The second-order valence-corrected chi connectivity index (χ2v) is 3.62. The summed E-state index contributed by atoms with van der Waals surface area (Å²) < 4.78 is 0. The van der Waals surface area contributed by atoms with Crippen molar-refractivity contribution in [1.29, 1.82) is 0 Å². The first-order valence-corrected chi connectivity index (χ1v) is 4.69. The van der Waals surface area contributed by atoms with Gasteiger partial charge in [-0.2, -0.15) is 0 Å². The van der Waals surface area contributed by atoms with Crippen molar-refractivity contribution in [2.24, 2.45) is 0 Å². The molecule has 0 aromatic carbocycles. The number of hydroxylamine groups is 1. The summed E-state index contributed by atoms with van der Waals surface area (Å²) in [7, 11) is 0. The second kappa shape index (κ2) is 3.55. The number of nitrogens with zero attached hydrogens (tertiary/aromatic N) is 2. The minimum absolute atomic E-state index is 0.375. The van der Waals surface area contributed by atoms with Crippen molar-refractivity contribution in [2.75, 3.05) is 18.2 Å². The van der Waals surface area contributed by atoms with Crippen LogP contribution in [0.15, 0.2) is 12.1 Å². The van der Waals surface area contributed by atoms with Crippen molar-refractivity contribution < 1.29 is 9.94 Å². The zero-order valence-electron chi connectivity index (χ0n) is 8.40. The van der Waals surface area contributed by atoms with E-state index in [0.717, 1.165) is 17.1 Å². The third kappa shape index (κ3) is 1.86. The van der Waals surface area contributed by atoms with Crippen molar-refractivity contribution in [2.45, 2.75) is 20.0 Å². The molecule has 76 valence electrons. The maximum Gasteiger partial charge on any atom is 0.103 e. The Morgan fingerprint density at radius 3 is 2.57 bits per heavy atom. The fraction of sp³-hybridized carbons (Fsp3) is 0.500. The molecule has 0 bridgehead atoms. The predicted octanol–water partition coefficient (Wildman–Crippen LogP) is 0.811. The van der Waals surface area contributed by atoms with Crippen LogP contribution < -0.4 is 5.06 Å². The molecular formula is C10H14N2O2. The average molecular weight is 194 g/mol. The van der Waals surface area contributed by atoms with E-state index < -0.39 is 0 Å². The Balaban J connectivity index is 2.23. The van der Waals surface area contributed by atoms with Gasteiger partial charge in [0, 0.05) is 11.4 Å². The van der Waals surface area contributed by atoms with E-state index in [1.54, 1.807) is 5.06 Å². The predicted molar refractivity (Wildman–Crippen MR) is 53.0 cm³/mol. The number of hydrogen-bond acceptors (Lipinski definition) is 4. The molecule has 4 heteroatoms. The summed E-state index contributed by atoms with van der Waals surface area (Å²) in [6.07, 6.45) is -0.385. The largest absolute Gasteiger partial charge is 0.389 e. The molecule has 0 spiro atoms. The highest BCUT2D eigenvalue weighted by atomic mass is 16.7. The standard InChI is InChI=1S/C10H14N2O2/c1-7-3-9(4-8(2)11-7)12-5-10(13)6-14-12/h3-4,10,13H,5-6H2,1-2H3. The van der Waals surface area contributed by atoms with Gasteiger partial charge in [0.05, 0.1) is 18.3 Å². The van der Waals surface area contributed by atoms with Crippen LogP contribution in [0.4, 0.5) is 5.69 Å². The van der Waals surface area contributed by atoms with E-state index in [1.165, 1.54) is 0 Å². The molecule has 0 radical (unpaired) electrons. The van der Waals surface area contributed by atoms with Gasteiger partial charge in [0.15, 0.2) is 0 Å². The van der Waals surface area contributed by atoms with Gasteiger partial charge in [0.2, 0.25) is 0 Å². The monoisotopic (exact) mass is 194 g/mol. The zero-order chi connectivity index (χ0) is 10.1. The average Bonchev–Trinajstić information content (AvgIpc) is 2.50. The van der Waals surface area contributed by atoms with Crippen LogP contribution in [-0.4, -0.2) is 29.3 Å². The first-order valence-electron chi connectivity index (χ1n) is 4.69. The van der Waals surface area contributed by atoms with Crippen molar-refractivity contribution in [1.82, 2.24) is 4.98 Å². The Hall–Kier alpha value is -1.13. The first kappa shape index (κ1) is 9.43. The molecule has 1 saturated heterocycles. The summed E-state index contributed by atoms with van der Waals surface area (Å²) in [4.78, 5) is 9.60. The lowest BCUT2D eigenvalue weighted by molar-refractivity contribution is 0.116. The van der Waals surface area contributed by atoms with E-state index in [0.29, 0.717) is 13.2 Å². The van der Waals surface area contributed by atoms with Crippen molar-refractivity contribution in [3.8, 4) is 0 Å². The minimum atomic E-state index is -0.385. The molecule has 0 saturated carbocycles. The van der Waals surface area contributed by atoms with Gasteiger partial charge in [-0.1, -0.05) is 0 Å². The zero-order valence-corrected chi connectivity index (χ0v) is 8.40. The van der Waals surface area contributed by atoms with E-state index >= 15 is 0 Å². The van der Waals surface area contributed by atoms with Crippen LogP contribution in [0.1, 0.15) is 11.4 Å². The number of aliphatic hydroxyl groups excluding tert-OH is 1. The van der Waals surface area contributed by atoms with E-state index in [1.807, 2.05) is 26.0 Å². The molecule has 4 nitrogen and oxygen atoms in total. The molecule has 1 aliphatic rings. The van der Waals surface area contributed by atoms with Crippen molar-refractivity contribution >= 4 is 5.69 Å². The molecule has 1 aliphatic heterocycles. The molecule has 1 unspecified atom stereocenters. The SMILES string of the molecule is Cc1cc(N2CC(O)CO2)cc(C)n1. The topological polar surface area (TPSA) is 45.6 Å². The third-order valence-corrected chi connectivity index (χ3v) is 2.15. The van der Waals surface area contributed by atoms with Gasteiger partial charge in [-0.15, -0.1) is 0 Å². The number of rotatable bonds is 1. The summed E-state index contributed by atoms with van der Waals surface area (Å²) in [5.74, 6) is 0. The van der Waals surface area contributed by atoms with Crippen LogP contribution in [-0.2, 0) is 4.84 Å². The molecule has 0 amide bonds. The molecule has 14 heavy (non-hydrogen) atoms. The third-order valence-electron chi connectivity index (χ3n) is 2.15. The molecule has 1 aromatic rings. The van der Waals surface area contributed by atoms with Gasteiger partial charge in [0.25, 0.3) is 0 Å². The van der Waals surface area contributed by atoms with Crippen LogP contribution in [0.5, 0.6) is 0 Å². The lowest BCUT2D eigenvalue weighted by atomic mass is 10.2. The first-order chi connectivity index (χ1) is 6.65. The van der Waals surface area contributed by atoms with Gasteiger partial charge in [-0.05, 0) is 26.0 Å². The summed E-state index contributed by atoms with van der Waals surface area (Å²) in [5.41, 5.74) is 2.89. The van der Waals surface area contributed by atoms with E-state index in [-0.39, 0.29) is 6.10 Å². The highest BCUT2D eigenvalue weighted by molar-refractivity contribution is 5.46. The summed E-state index contributed by atoms with van der Waals surface area (Å²) in [6, 6.07) is 3.90. The van der Waals surface area contributed by atoms with Gasteiger partial charge in [-0.25, -0.2) is 0 Å². The van der Waals surface area contributed by atoms with Crippen molar-refractivity contribution in [3.05, 3.63) is 23.5 Å². The lowest BCUT2D eigenvalue weighted by Gasteiger charge is -2.16. The number of aromatic nitrogens is 1. The highest BCUT2D eigenvalue weighted by Crippen LogP contribution is 2.20. The van der Waals surface area contributed by atoms with Crippen molar-refractivity contribution in [3.63, 3.8) is 0 Å². The fourth-order valence-corrected chi connectivity index (χ4v) is 1.61. The Morgan fingerprint density at radius 1 is 1.43 bits per heavy atom. The molecule has 1 aromatic heterocycles. The van der Waals surface area contributed by atoms with E-state index in [2.05, 4.69) is 4.98 Å². The van der Waals surface area contributed by atoms with Crippen LogP contribution in [0, 0.1) is 13.8 Å². The Kier molecular flexibility index (Phi) is 2.39. The highest BCUT2D eigenvalue weighted by Gasteiger charge is 2.22. The molecule has 1 fully saturated rings. The molecular weight excluding hydrogens is 180 g/mol. The maximum atomic E-state index is 9.32. The normalized spacial score (nSPS) is 21.6. The fourth-order valence-electron chi connectivity index (χ4n) is 1.61. The Labute approximate surface area is 83.1 Å². The molecule has 1 atom stereocenters. The summed E-state index contributed by atoms with van der Waals surface area (Å²) >= 11 is 0. The van der Waals surface area contributed by atoms with Gasteiger partial charge >= 0.3 is 0 Å². The summed E-state index contributed by atoms with van der Waals surface area (Å²) in [6.45, 7) is 4.80. The van der Waals surface area contributed by atoms with Crippen LogP contribution >= 0.6 is 0 Å². The lowest BCUT2D eigenvalue weighted by Crippen LogP contribution is -2.20. The molecule has 0 aliphatic carbocycles. The van der Waals surface area contributed by atoms with Gasteiger partial charge < -0.3 is 5.11 Å². The number of β-amino-alcohol motifs (C(OH)–C–C–N with tert-alkyl or cyclic N) is 1. The Bertz CT molecular complexity index is 321. The Morgan fingerprint density at radius 2 is 2.07 bits per heavy atom. The summed E-state index contributed by atoms with van der Waals surface area (Å²) in [5, 5.41) is 11.0. The van der Waals surface area contributed by atoms with Gasteiger partial charge in [-0.3, -0.25) is 14.9 Å².